The minimum Gasteiger partial charge on any atom is -0.462 e. The van der Waals surface area contributed by atoms with Crippen LogP contribution in [0.3, 0.4) is 0 Å². The van der Waals surface area contributed by atoms with E-state index in [1.54, 1.807) is 0 Å². The van der Waals surface area contributed by atoms with Gasteiger partial charge in [0.15, 0.2) is 6.10 Å². The maximum Gasteiger partial charge on any atom is 0.306 e. The van der Waals surface area contributed by atoms with E-state index in [4.69, 9.17) is 14.2 Å². The number of carbonyl (C=O) groups excluding carboxylic acids is 3. The average Bonchev–Trinajstić information content (AvgIpc) is 3.46. The standard InChI is InChI=1S/C74H120O6/c1-4-7-10-13-16-19-22-25-28-30-32-34-35-36-37-38-39-41-42-44-46-49-52-55-58-61-64-67-73(76)79-70-71(69-78-72(75)66-63-60-57-54-51-48-27-24-21-18-15-12-9-6-3)80-74(77)68-65-62-59-56-53-50-47-45-43-40-33-31-29-26-23-20-17-14-11-8-5-2/h7-8,10-11,16-17,19-20,24-29,32-34,36-37,39-41,44,46,71H,4-6,9,12-15,18,21-23,30-31,35,38,42-43,45,47-70H2,1-3H3/b10-7-,11-8-,19-16-,20-17-,27-24-,28-25-,29-26-,34-32-,37-36-,40-33-,41-39-,46-44-. The van der Waals surface area contributed by atoms with E-state index in [9.17, 15) is 14.4 Å². The molecule has 0 amide bonds. The van der Waals surface area contributed by atoms with Gasteiger partial charge in [0.05, 0.1) is 0 Å². The second-order valence-electron chi connectivity index (χ2n) is 21.3. The lowest BCUT2D eigenvalue weighted by atomic mass is 10.1. The zero-order valence-electron chi connectivity index (χ0n) is 51.8. The number of hydrogen-bond donors (Lipinski definition) is 0. The maximum atomic E-state index is 12.9. The second kappa shape index (κ2) is 66.8. The first-order valence-electron chi connectivity index (χ1n) is 32.8. The predicted octanol–water partition coefficient (Wildman–Crippen LogP) is 22.7. The molecular formula is C74H120O6. The molecule has 0 bridgehead atoms. The number of esters is 3. The number of carbonyl (C=O) groups is 3. The van der Waals surface area contributed by atoms with E-state index < -0.39 is 6.10 Å². The van der Waals surface area contributed by atoms with Crippen molar-refractivity contribution in [1.29, 1.82) is 0 Å². The van der Waals surface area contributed by atoms with Crippen molar-refractivity contribution < 1.29 is 28.6 Å². The molecule has 0 aliphatic heterocycles. The molecule has 0 spiro atoms. The molecule has 6 heteroatoms. The van der Waals surface area contributed by atoms with Gasteiger partial charge in [0.1, 0.15) is 13.2 Å². The smallest absolute Gasteiger partial charge is 0.306 e. The molecule has 0 aliphatic carbocycles. The number of hydrogen-bond acceptors (Lipinski definition) is 6. The Morgan fingerprint density at radius 3 is 0.775 bits per heavy atom. The van der Waals surface area contributed by atoms with Gasteiger partial charge in [-0.25, -0.2) is 0 Å². The van der Waals surface area contributed by atoms with Crippen LogP contribution in [0.25, 0.3) is 0 Å². The van der Waals surface area contributed by atoms with Gasteiger partial charge in [-0.3, -0.25) is 14.4 Å². The van der Waals surface area contributed by atoms with Gasteiger partial charge in [0.2, 0.25) is 0 Å². The molecule has 0 heterocycles. The van der Waals surface area contributed by atoms with Crippen molar-refractivity contribution in [1.82, 2.24) is 0 Å². The second-order valence-corrected chi connectivity index (χ2v) is 21.3. The fourth-order valence-corrected chi connectivity index (χ4v) is 8.70. The molecule has 0 fully saturated rings. The Labute approximate surface area is 493 Å². The summed E-state index contributed by atoms with van der Waals surface area (Å²) in [5.74, 6) is -0.931. The third-order valence-corrected chi connectivity index (χ3v) is 13.6. The van der Waals surface area contributed by atoms with E-state index in [1.165, 1.54) is 77.0 Å². The van der Waals surface area contributed by atoms with Crippen molar-refractivity contribution in [3.8, 4) is 0 Å². The van der Waals surface area contributed by atoms with Crippen molar-refractivity contribution in [3.05, 3.63) is 146 Å². The molecule has 0 aromatic rings. The molecule has 0 N–H and O–H groups in total. The third-order valence-electron chi connectivity index (χ3n) is 13.6. The summed E-state index contributed by atoms with van der Waals surface area (Å²) in [5.41, 5.74) is 0. The first-order valence-corrected chi connectivity index (χ1v) is 32.8. The number of allylic oxidation sites excluding steroid dienone is 24. The van der Waals surface area contributed by atoms with Crippen LogP contribution >= 0.6 is 0 Å². The zero-order valence-corrected chi connectivity index (χ0v) is 51.8. The van der Waals surface area contributed by atoms with Gasteiger partial charge in [0.25, 0.3) is 0 Å². The molecule has 0 saturated heterocycles. The molecule has 6 nitrogen and oxygen atoms in total. The van der Waals surface area contributed by atoms with E-state index >= 15 is 0 Å². The first kappa shape index (κ1) is 75.3. The summed E-state index contributed by atoms with van der Waals surface area (Å²) in [6.45, 7) is 6.38. The highest BCUT2D eigenvalue weighted by Gasteiger charge is 2.19. The van der Waals surface area contributed by atoms with Crippen LogP contribution in [0.2, 0.25) is 0 Å². The highest BCUT2D eigenvalue weighted by Crippen LogP contribution is 2.15. The van der Waals surface area contributed by atoms with Crippen LogP contribution in [0, 0.1) is 0 Å². The monoisotopic (exact) mass is 1100 g/mol. The average molecular weight is 1110 g/mol. The normalized spacial score (nSPS) is 13.1. The van der Waals surface area contributed by atoms with Crippen LogP contribution in [0.5, 0.6) is 0 Å². The van der Waals surface area contributed by atoms with E-state index in [0.717, 1.165) is 167 Å². The summed E-state index contributed by atoms with van der Waals surface area (Å²) >= 11 is 0. The van der Waals surface area contributed by atoms with Gasteiger partial charge >= 0.3 is 17.9 Å². The Bertz CT molecular complexity index is 1750. The molecular weight excluding hydrogens is 985 g/mol. The summed E-state index contributed by atoms with van der Waals surface area (Å²) in [6.07, 6.45) is 95.6. The lowest BCUT2D eigenvalue weighted by molar-refractivity contribution is -0.167. The largest absolute Gasteiger partial charge is 0.462 e. The number of rotatable bonds is 58. The van der Waals surface area contributed by atoms with E-state index in [-0.39, 0.29) is 31.1 Å². The topological polar surface area (TPSA) is 78.9 Å². The summed E-state index contributed by atoms with van der Waals surface area (Å²) < 4.78 is 16.9. The summed E-state index contributed by atoms with van der Waals surface area (Å²) in [4.78, 5) is 38.4. The van der Waals surface area contributed by atoms with Crippen molar-refractivity contribution in [2.75, 3.05) is 13.2 Å². The van der Waals surface area contributed by atoms with Crippen LogP contribution in [0.15, 0.2) is 146 Å². The van der Waals surface area contributed by atoms with Crippen molar-refractivity contribution in [2.45, 2.75) is 290 Å². The number of unbranched alkanes of at least 4 members (excludes halogenated alkanes) is 23. The summed E-state index contributed by atoms with van der Waals surface area (Å²) in [6, 6.07) is 0. The van der Waals surface area contributed by atoms with Gasteiger partial charge < -0.3 is 14.2 Å². The molecule has 0 aromatic heterocycles. The Morgan fingerprint density at radius 1 is 0.263 bits per heavy atom. The quantitative estimate of drug-likeness (QED) is 0.0261. The molecule has 452 valence electrons. The fourth-order valence-electron chi connectivity index (χ4n) is 8.70. The van der Waals surface area contributed by atoms with Gasteiger partial charge in [-0.15, -0.1) is 0 Å². The molecule has 0 rings (SSSR count). The fraction of sp³-hybridized carbons (Fsp3) is 0.635. The third kappa shape index (κ3) is 64.1. The highest BCUT2D eigenvalue weighted by molar-refractivity contribution is 5.71. The Hall–Kier alpha value is -4.71. The van der Waals surface area contributed by atoms with Crippen LogP contribution in [0.4, 0.5) is 0 Å². The van der Waals surface area contributed by atoms with E-state index in [2.05, 4.69) is 167 Å². The van der Waals surface area contributed by atoms with Crippen LogP contribution in [-0.4, -0.2) is 37.2 Å². The van der Waals surface area contributed by atoms with Crippen molar-refractivity contribution >= 4 is 17.9 Å². The Morgan fingerprint density at radius 2 is 0.487 bits per heavy atom. The molecule has 1 atom stereocenters. The Kier molecular flexibility index (Phi) is 62.9. The zero-order chi connectivity index (χ0) is 57.8. The molecule has 1 unspecified atom stereocenters. The molecule has 0 aromatic carbocycles. The highest BCUT2D eigenvalue weighted by atomic mass is 16.6. The lowest BCUT2D eigenvalue weighted by Gasteiger charge is -2.18. The molecule has 0 saturated carbocycles. The minimum atomic E-state index is -0.802. The van der Waals surface area contributed by atoms with E-state index in [0.29, 0.717) is 19.3 Å². The van der Waals surface area contributed by atoms with Crippen molar-refractivity contribution in [3.63, 3.8) is 0 Å². The SMILES string of the molecule is CC/C=C\C/C=C\C/C=C\C/C=C\C/C=C\C/C=C\C/C=C\CCCCCCCC(=O)OCC(COC(=O)CCCCCCC/C=C\CCCCCCC)OC(=O)CCCCCCCCCC/C=C\C/C=C\C/C=C\C/C=C\CC. The Balaban J connectivity index is 4.43. The van der Waals surface area contributed by atoms with Gasteiger partial charge in [-0.1, -0.05) is 269 Å². The maximum absolute atomic E-state index is 12.9. The van der Waals surface area contributed by atoms with Crippen LogP contribution in [0.1, 0.15) is 284 Å². The van der Waals surface area contributed by atoms with Crippen LogP contribution in [-0.2, 0) is 28.6 Å². The molecule has 80 heavy (non-hydrogen) atoms. The van der Waals surface area contributed by atoms with Gasteiger partial charge in [-0.05, 0) is 141 Å². The van der Waals surface area contributed by atoms with Crippen molar-refractivity contribution in [2.24, 2.45) is 0 Å². The van der Waals surface area contributed by atoms with Gasteiger partial charge in [-0.2, -0.15) is 0 Å². The van der Waals surface area contributed by atoms with Gasteiger partial charge in [0, 0.05) is 19.3 Å². The number of ether oxygens (including phenoxy) is 3. The van der Waals surface area contributed by atoms with E-state index in [1.807, 2.05) is 0 Å². The van der Waals surface area contributed by atoms with Crippen LogP contribution < -0.4 is 0 Å². The molecule has 0 aliphatic rings. The predicted molar refractivity (Wildman–Crippen MR) is 348 cm³/mol. The minimum absolute atomic E-state index is 0.0963. The lowest BCUT2D eigenvalue weighted by Crippen LogP contribution is -2.30. The summed E-state index contributed by atoms with van der Waals surface area (Å²) in [7, 11) is 0. The summed E-state index contributed by atoms with van der Waals surface area (Å²) in [5, 5.41) is 0. The molecule has 0 radical (unpaired) electrons. The first-order chi connectivity index (χ1) is 39.5.